The minimum Gasteiger partial charge on any atom is -0.497 e. The van der Waals surface area contributed by atoms with Gasteiger partial charge in [0.15, 0.2) is 0 Å². The third-order valence-corrected chi connectivity index (χ3v) is 7.48. The molecule has 1 N–H and O–H groups in total. The highest BCUT2D eigenvalue weighted by atomic mass is 35.5. The van der Waals surface area contributed by atoms with E-state index in [9.17, 15) is 18.0 Å². The van der Waals surface area contributed by atoms with E-state index < -0.39 is 16.0 Å². The maximum atomic E-state index is 12.9. The molecule has 0 radical (unpaired) electrons. The Morgan fingerprint density at radius 3 is 2.34 bits per heavy atom. The zero-order valence-corrected chi connectivity index (χ0v) is 19.4. The van der Waals surface area contributed by atoms with Crippen molar-refractivity contribution in [1.29, 1.82) is 0 Å². The number of benzene rings is 2. The molecule has 0 spiro atoms. The molecule has 1 aliphatic heterocycles. The van der Waals surface area contributed by atoms with Gasteiger partial charge in [-0.1, -0.05) is 11.6 Å². The second-order valence-electron chi connectivity index (χ2n) is 7.26. The largest absolute Gasteiger partial charge is 0.497 e. The number of ether oxygens (including phenoxy) is 2. The van der Waals surface area contributed by atoms with E-state index in [0.29, 0.717) is 24.3 Å². The first-order valence-electron chi connectivity index (χ1n) is 10.2. The Morgan fingerprint density at radius 2 is 1.78 bits per heavy atom. The Bertz CT molecular complexity index is 1080. The molecule has 172 valence electrons. The summed E-state index contributed by atoms with van der Waals surface area (Å²) in [5.41, 5.74) is 0.685. The zero-order chi connectivity index (χ0) is 23.3. The van der Waals surface area contributed by atoms with Gasteiger partial charge in [0.2, 0.25) is 15.9 Å². The van der Waals surface area contributed by atoms with Crippen molar-refractivity contribution in [2.45, 2.75) is 24.7 Å². The van der Waals surface area contributed by atoms with Crippen molar-refractivity contribution < 1.29 is 27.5 Å². The fraction of sp³-hybridized carbons (Fsp3) is 0.364. The molecule has 0 aromatic heterocycles. The van der Waals surface area contributed by atoms with Crippen LogP contribution in [0.15, 0.2) is 47.4 Å². The Kier molecular flexibility index (Phi) is 7.76. The van der Waals surface area contributed by atoms with E-state index in [0.717, 1.165) is 0 Å². The van der Waals surface area contributed by atoms with Gasteiger partial charge < -0.3 is 14.8 Å². The number of hydrogen-bond acceptors (Lipinski definition) is 6. The van der Waals surface area contributed by atoms with Crippen LogP contribution in [0.4, 0.5) is 5.69 Å². The second-order valence-corrected chi connectivity index (χ2v) is 9.60. The SMILES string of the molecule is CCOC(=O)c1ccc(NC(=O)C2CCN(S(=O)(=O)c3ccc(OC)cc3)CC2)cc1Cl. The number of piperidine rings is 1. The van der Waals surface area contributed by atoms with Crippen LogP contribution in [-0.2, 0) is 19.6 Å². The van der Waals surface area contributed by atoms with E-state index in [1.807, 2.05) is 0 Å². The third kappa shape index (κ3) is 5.40. The molecule has 8 nitrogen and oxygen atoms in total. The molecule has 0 atom stereocenters. The summed E-state index contributed by atoms with van der Waals surface area (Å²) in [6.45, 7) is 2.43. The Morgan fingerprint density at radius 1 is 1.12 bits per heavy atom. The van der Waals surface area contributed by atoms with Crippen LogP contribution < -0.4 is 10.1 Å². The predicted molar refractivity (Wildman–Crippen MR) is 121 cm³/mol. The molecule has 1 amide bonds. The molecular weight excluding hydrogens is 456 g/mol. The average molecular weight is 481 g/mol. The quantitative estimate of drug-likeness (QED) is 0.608. The number of esters is 1. The van der Waals surface area contributed by atoms with Crippen LogP contribution in [0.2, 0.25) is 5.02 Å². The lowest BCUT2D eigenvalue weighted by molar-refractivity contribution is -0.120. The maximum Gasteiger partial charge on any atom is 0.339 e. The molecule has 2 aromatic carbocycles. The van der Waals surface area contributed by atoms with Gasteiger partial charge in [-0.3, -0.25) is 4.79 Å². The summed E-state index contributed by atoms with van der Waals surface area (Å²) in [7, 11) is -2.12. The standard InChI is InChI=1S/C22H25ClN2O6S/c1-3-31-22(27)19-9-4-16(14-20(19)23)24-21(26)15-10-12-25(13-11-15)32(28,29)18-7-5-17(30-2)6-8-18/h4-9,14-15H,3,10-13H2,1-2H3,(H,24,26). The summed E-state index contributed by atoms with van der Waals surface area (Å²) < 4.78 is 37.1. The van der Waals surface area contributed by atoms with Gasteiger partial charge in [0.05, 0.1) is 29.2 Å². The number of halogens is 1. The number of carbonyl (C=O) groups is 2. The molecular formula is C22H25ClN2O6S. The summed E-state index contributed by atoms with van der Waals surface area (Å²) in [6, 6.07) is 10.8. The molecule has 0 aliphatic carbocycles. The van der Waals surface area contributed by atoms with E-state index >= 15 is 0 Å². The molecule has 32 heavy (non-hydrogen) atoms. The lowest BCUT2D eigenvalue weighted by Crippen LogP contribution is -2.41. The first kappa shape index (κ1) is 24.0. The highest BCUT2D eigenvalue weighted by molar-refractivity contribution is 7.89. The molecule has 3 rings (SSSR count). The maximum absolute atomic E-state index is 12.9. The van der Waals surface area contributed by atoms with E-state index in [2.05, 4.69) is 5.32 Å². The van der Waals surface area contributed by atoms with Crippen LogP contribution in [0.1, 0.15) is 30.1 Å². The van der Waals surface area contributed by atoms with Crippen molar-refractivity contribution in [2.24, 2.45) is 5.92 Å². The summed E-state index contributed by atoms with van der Waals surface area (Å²) >= 11 is 6.14. The number of nitrogens with one attached hydrogen (secondary N) is 1. The summed E-state index contributed by atoms with van der Waals surface area (Å²) in [4.78, 5) is 24.7. The number of anilines is 1. The first-order chi connectivity index (χ1) is 15.3. The topological polar surface area (TPSA) is 102 Å². The number of sulfonamides is 1. The number of carbonyl (C=O) groups excluding carboxylic acids is 2. The number of amides is 1. The number of methoxy groups -OCH3 is 1. The third-order valence-electron chi connectivity index (χ3n) is 5.25. The van der Waals surface area contributed by atoms with Crippen LogP contribution in [0, 0.1) is 5.92 Å². The van der Waals surface area contributed by atoms with E-state index in [4.69, 9.17) is 21.1 Å². The van der Waals surface area contributed by atoms with Gasteiger partial charge in [-0.2, -0.15) is 4.31 Å². The molecule has 2 aromatic rings. The van der Waals surface area contributed by atoms with Crippen LogP contribution in [0.5, 0.6) is 5.75 Å². The van der Waals surface area contributed by atoms with Gasteiger partial charge in [-0.25, -0.2) is 13.2 Å². The molecule has 1 aliphatic rings. The van der Waals surface area contributed by atoms with E-state index in [1.165, 1.54) is 35.7 Å². The van der Waals surface area contributed by atoms with Gasteiger partial charge >= 0.3 is 5.97 Å². The number of rotatable bonds is 7. The van der Waals surface area contributed by atoms with Crippen molar-refractivity contribution in [1.82, 2.24) is 4.31 Å². The highest BCUT2D eigenvalue weighted by Crippen LogP contribution is 2.27. The smallest absolute Gasteiger partial charge is 0.339 e. The number of nitrogens with zero attached hydrogens (tertiary/aromatic N) is 1. The fourth-order valence-corrected chi connectivity index (χ4v) is 5.19. The van der Waals surface area contributed by atoms with Crippen LogP contribution in [-0.4, -0.2) is 51.4 Å². The monoisotopic (exact) mass is 480 g/mol. The van der Waals surface area contributed by atoms with Crippen molar-refractivity contribution in [3.8, 4) is 5.75 Å². The van der Waals surface area contributed by atoms with Gasteiger partial charge in [-0.05, 0) is 62.2 Å². The summed E-state index contributed by atoms with van der Waals surface area (Å²) in [6.07, 6.45) is 0.797. The Balaban J connectivity index is 1.59. The summed E-state index contributed by atoms with van der Waals surface area (Å²) in [5.74, 6) is -0.497. The molecule has 1 saturated heterocycles. The lowest BCUT2D eigenvalue weighted by atomic mass is 9.97. The van der Waals surface area contributed by atoms with Gasteiger partial charge in [0.25, 0.3) is 0 Å². The van der Waals surface area contributed by atoms with Gasteiger partial charge in [0, 0.05) is 24.7 Å². The lowest BCUT2D eigenvalue weighted by Gasteiger charge is -2.30. The van der Waals surface area contributed by atoms with E-state index in [1.54, 1.807) is 25.1 Å². The van der Waals surface area contributed by atoms with Crippen LogP contribution in [0.3, 0.4) is 0 Å². The van der Waals surface area contributed by atoms with E-state index in [-0.39, 0.29) is 47.0 Å². The Labute approximate surface area is 192 Å². The van der Waals surface area contributed by atoms with Crippen molar-refractivity contribution in [3.63, 3.8) is 0 Å². The minimum absolute atomic E-state index is 0.182. The second kappa shape index (κ2) is 10.3. The predicted octanol–water partition coefficient (Wildman–Crippen LogP) is 3.56. The minimum atomic E-state index is -3.63. The van der Waals surface area contributed by atoms with Crippen LogP contribution >= 0.6 is 11.6 Å². The van der Waals surface area contributed by atoms with Crippen molar-refractivity contribution >= 4 is 39.2 Å². The molecule has 0 unspecified atom stereocenters. The molecule has 10 heteroatoms. The zero-order valence-electron chi connectivity index (χ0n) is 17.8. The molecule has 0 bridgehead atoms. The van der Waals surface area contributed by atoms with Crippen molar-refractivity contribution in [2.75, 3.05) is 32.1 Å². The fourth-order valence-electron chi connectivity index (χ4n) is 3.47. The Hall–Kier alpha value is -2.62. The number of hydrogen-bond donors (Lipinski definition) is 1. The van der Waals surface area contributed by atoms with Gasteiger partial charge in [-0.15, -0.1) is 0 Å². The van der Waals surface area contributed by atoms with Crippen molar-refractivity contribution in [3.05, 3.63) is 53.1 Å². The van der Waals surface area contributed by atoms with Gasteiger partial charge in [0.1, 0.15) is 5.75 Å². The van der Waals surface area contributed by atoms with Crippen LogP contribution in [0.25, 0.3) is 0 Å². The summed E-state index contributed by atoms with van der Waals surface area (Å²) in [5, 5.41) is 2.97. The highest BCUT2D eigenvalue weighted by Gasteiger charge is 2.32. The average Bonchev–Trinajstić information content (AvgIpc) is 2.79. The molecule has 1 fully saturated rings. The molecule has 0 saturated carbocycles. The normalized spacial score (nSPS) is 15.2. The first-order valence-corrected chi connectivity index (χ1v) is 12.0. The molecule has 1 heterocycles.